The Labute approximate surface area is 65.2 Å². The van der Waals surface area contributed by atoms with E-state index in [9.17, 15) is 0 Å². The van der Waals surface area contributed by atoms with Crippen molar-refractivity contribution < 1.29 is 4.74 Å². The van der Waals surface area contributed by atoms with Gasteiger partial charge in [-0.05, 0) is 6.07 Å². The number of anilines is 1. The lowest BCUT2D eigenvalue weighted by molar-refractivity contribution is 0.413. The highest BCUT2D eigenvalue weighted by Gasteiger charge is 2.02. The van der Waals surface area contributed by atoms with E-state index < -0.39 is 0 Å². The summed E-state index contributed by atoms with van der Waals surface area (Å²) in [5, 5.41) is 0. The van der Waals surface area contributed by atoms with Crippen molar-refractivity contribution in [2.45, 2.75) is 0 Å². The van der Waals surface area contributed by atoms with Gasteiger partial charge in [0.05, 0.1) is 7.11 Å². The molecule has 0 aliphatic rings. The molecule has 0 radical (unpaired) electrons. The Hall–Kier alpha value is -1.69. The Morgan fingerprint density at radius 1 is 1.73 bits per heavy atom. The molecule has 0 aromatic carbocycles. The number of terminal acetylenes is 1. The molecule has 1 aromatic rings. The largest absolute Gasteiger partial charge is 0.495 e. The van der Waals surface area contributed by atoms with Gasteiger partial charge in [0.25, 0.3) is 0 Å². The van der Waals surface area contributed by atoms with E-state index in [1.807, 2.05) is 0 Å². The van der Waals surface area contributed by atoms with E-state index in [2.05, 4.69) is 10.9 Å². The normalized spacial score (nSPS) is 8.73. The standard InChI is InChI=1S/C8H8N2O/c1-3-6-7(11-2)4-5-10-8(6)9/h1,4-5H,2H3,(H2,9,10). The number of ether oxygens (including phenoxy) is 1. The Morgan fingerprint density at radius 2 is 2.45 bits per heavy atom. The third-order valence-electron chi connectivity index (χ3n) is 1.31. The van der Waals surface area contributed by atoms with Crippen molar-refractivity contribution in [3.05, 3.63) is 17.8 Å². The molecular formula is C8H8N2O. The molecule has 0 unspecified atom stereocenters. The fourth-order valence-corrected chi connectivity index (χ4v) is 0.775. The molecule has 0 saturated heterocycles. The quantitative estimate of drug-likeness (QED) is 0.595. The summed E-state index contributed by atoms with van der Waals surface area (Å²) in [4.78, 5) is 3.81. The minimum Gasteiger partial charge on any atom is -0.495 e. The zero-order valence-corrected chi connectivity index (χ0v) is 6.16. The molecule has 0 spiro atoms. The van der Waals surface area contributed by atoms with Gasteiger partial charge in [-0.15, -0.1) is 6.42 Å². The van der Waals surface area contributed by atoms with Crippen LogP contribution >= 0.6 is 0 Å². The fraction of sp³-hybridized carbons (Fsp3) is 0.125. The second kappa shape index (κ2) is 2.93. The molecule has 1 heterocycles. The molecule has 3 heteroatoms. The molecule has 0 aliphatic heterocycles. The van der Waals surface area contributed by atoms with Crippen LogP contribution in [-0.2, 0) is 0 Å². The van der Waals surface area contributed by atoms with Gasteiger partial charge in [-0.3, -0.25) is 0 Å². The predicted octanol–water partition coefficient (Wildman–Crippen LogP) is 0.654. The maximum absolute atomic E-state index is 5.47. The number of nitrogens with zero attached hydrogens (tertiary/aromatic N) is 1. The number of hydrogen-bond donors (Lipinski definition) is 1. The number of rotatable bonds is 1. The average Bonchev–Trinajstić information content (AvgIpc) is 2.04. The van der Waals surface area contributed by atoms with Crippen molar-refractivity contribution in [2.75, 3.05) is 12.8 Å². The van der Waals surface area contributed by atoms with Gasteiger partial charge in [0.2, 0.25) is 0 Å². The van der Waals surface area contributed by atoms with Gasteiger partial charge in [-0.25, -0.2) is 4.98 Å². The highest BCUT2D eigenvalue weighted by molar-refractivity contribution is 5.57. The molecule has 56 valence electrons. The molecule has 1 aromatic heterocycles. The topological polar surface area (TPSA) is 48.1 Å². The van der Waals surface area contributed by atoms with Crippen LogP contribution in [0, 0.1) is 12.3 Å². The van der Waals surface area contributed by atoms with Gasteiger partial charge in [0.15, 0.2) is 0 Å². The van der Waals surface area contributed by atoms with E-state index in [1.165, 1.54) is 7.11 Å². The molecule has 3 nitrogen and oxygen atoms in total. The van der Waals surface area contributed by atoms with Gasteiger partial charge in [-0.2, -0.15) is 0 Å². The summed E-state index contributed by atoms with van der Waals surface area (Å²) in [5.74, 6) is 3.31. The number of nitrogen functional groups attached to an aromatic ring is 1. The van der Waals surface area contributed by atoms with E-state index in [0.29, 0.717) is 17.1 Å². The molecule has 0 amide bonds. The first-order valence-corrected chi connectivity index (χ1v) is 3.04. The highest BCUT2D eigenvalue weighted by Crippen LogP contribution is 2.19. The first kappa shape index (κ1) is 7.42. The van der Waals surface area contributed by atoms with E-state index in [1.54, 1.807) is 12.3 Å². The number of nitrogens with two attached hydrogens (primary N) is 1. The lowest BCUT2D eigenvalue weighted by atomic mass is 10.2. The lowest BCUT2D eigenvalue weighted by Gasteiger charge is -2.03. The van der Waals surface area contributed by atoms with Crippen LogP contribution in [0.2, 0.25) is 0 Å². The Balaban J connectivity index is 3.27. The van der Waals surface area contributed by atoms with Gasteiger partial charge in [0, 0.05) is 6.20 Å². The van der Waals surface area contributed by atoms with E-state index >= 15 is 0 Å². The van der Waals surface area contributed by atoms with Gasteiger partial charge < -0.3 is 10.5 Å². The van der Waals surface area contributed by atoms with Crippen LogP contribution in [0.1, 0.15) is 5.56 Å². The van der Waals surface area contributed by atoms with E-state index in [0.717, 1.165) is 0 Å². The van der Waals surface area contributed by atoms with E-state index in [4.69, 9.17) is 16.9 Å². The van der Waals surface area contributed by atoms with Gasteiger partial charge in [0.1, 0.15) is 17.1 Å². The Bertz CT molecular complexity index is 301. The maximum atomic E-state index is 5.47. The second-order valence-electron chi connectivity index (χ2n) is 1.92. The third-order valence-corrected chi connectivity index (χ3v) is 1.31. The zero-order chi connectivity index (χ0) is 8.27. The van der Waals surface area contributed by atoms with Crippen molar-refractivity contribution in [3.63, 3.8) is 0 Å². The van der Waals surface area contributed by atoms with Crippen LogP contribution in [0.25, 0.3) is 0 Å². The Kier molecular flexibility index (Phi) is 1.98. The molecule has 0 saturated carbocycles. The van der Waals surface area contributed by atoms with Crippen LogP contribution in [0.3, 0.4) is 0 Å². The minimum atomic E-state index is 0.326. The smallest absolute Gasteiger partial charge is 0.142 e. The molecule has 0 atom stereocenters. The summed E-state index contributed by atoms with van der Waals surface area (Å²) < 4.78 is 4.95. The lowest BCUT2D eigenvalue weighted by Crippen LogP contribution is -1.96. The molecule has 0 bridgehead atoms. The first-order valence-electron chi connectivity index (χ1n) is 3.04. The first-order chi connectivity index (χ1) is 5.29. The van der Waals surface area contributed by atoms with Crippen molar-refractivity contribution in [1.82, 2.24) is 4.98 Å². The third kappa shape index (κ3) is 1.24. The van der Waals surface area contributed by atoms with Crippen molar-refractivity contribution in [3.8, 4) is 18.1 Å². The highest BCUT2D eigenvalue weighted by atomic mass is 16.5. The molecule has 1 rings (SSSR count). The zero-order valence-electron chi connectivity index (χ0n) is 6.16. The van der Waals surface area contributed by atoms with Crippen LogP contribution in [-0.4, -0.2) is 12.1 Å². The van der Waals surface area contributed by atoms with Gasteiger partial charge >= 0.3 is 0 Å². The average molecular weight is 148 g/mol. The summed E-state index contributed by atoms with van der Waals surface area (Å²) in [7, 11) is 1.54. The van der Waals surface area contributed by atoms with Crippen LogP contribution in [0.5, 0.6) is 5.75 Å². The SMILES string of the molecule is C#Cc1c(OC)ccnc1N. The van der Waals surface area contributed by atoms with E-state index in [-0.39, 0.29) is 0 Å². The van der Waals surface area contributed by atoms with Crippen molar-refractivity contribution in [1.29, 1.82) is 0 Å². The summed E-state index contributed by atoms with van der Waals surface area (Å²) >= 11 is 0. The molecule has 11 heavy (non-hydrogen) atoms. The summed E-state index contributed by atoms with van der Waals surface area (Å²) in [6.45, 7) is 0. The number of pyridine rings is 1. The summed E-state index contributed by atoms with van der Waals surface area (Å²) in [6, 6.07) is 1.67. The van der Waals surface area contributed by atoms with Gasteiger partial charge in [-0.1, -0.05) is 5.92 Å². The fourth-order valence-electron chi connectivity index (χ4n) is 0.775. The number of methoxy groups -OCH3 is 1. The maximum Gasteiger partial charge on any atom is 0.142 e. The van der Waals surface area contributed by atoms with Crippen molar-refractivity contribution in [2.24, 2.45) is 0 Å². The second-order valence-corrected chi connectivity index (χ2v) is 1.92. The summed E-state index contributed by atoms with van der Waals surface area (Å²) in [5.41, 5.74) is 5.98. The summed E-state index contributed by atoms with van der Waals surface area (Å²) in [6.07, 6.45) is 6.73. The Morgan fingerprint density at radius 3 is 2.91 bits per heavy atom. The monoisotopic (exact) mass is 148 g/mol. The molecular weight excluding hydrogens is 140 g/mol. The molecule has 0 aliphatic carbocycles. The number of aromatic nitrogens is 1. The number of hydrogen-bond acceptors (Lipinski definition) is 3. The van der Waals surface area contributed by atoms with Crippen LogP contribution in [0.15, 0.2) is 12.3 Å². The molecule has 2 N–H and O–H groups in total. The van der Waals surface area contributed by atoms with Crippen molar-refractivity contribution >= 4 is 5.82 Å². The predicted molar refractivity (Wildman–Crippen MR) is 43.1 cm³/mol. The minimum absolute atomic E-state index is 0.326. The molecule has 0 fully saturated rings. The van der Waals surface area contributed by atoms with Crippen LogP contribution in [0.4, 0.5) is 5.82 Å². The van der Waals surface area contributed by atoms with Crippen LogP contribution < -0.4 is 10.5 Å².